The molecule has 0 unspecified atom stereocenters. The number of carbonyl (C=O) groups excluding carboxylic acids is 2. The van der Waals surface area contributed by atoms with E-state index in [9.17, 15) is 14.4 Å². The fourth-order valence-electron chi connectivity index (χ4n) is 5.16. The van der Waals surface area contributed by atoms with Gasteiger partial charge >= 0.3 is 0 Å². The minimum Gasteiger partial charge on any atom is -0.482 e. The summed E-state index contributed by atoms with van der Waals surface area (Å²) in [4.78, 5) is 41.4. The van der Waals surface area contributed by atoms with Gasteiger partial charge in [-0.1, -0.05) is 91.0 Å². The number of fused-ring (bicyclic) bond motifs is 1. The Hall–Kier alpha value is -4.89. The van der Waals surface area contributed by atoms with Crippen LogP contribution in [0.5, 0.6) is 5.75 Å². The van der Waals surface area contributed by atoms with Gasteiger partial charge in [-0.2, -0.15) is 0 Å². The summed E-state index contributed by atoms with van der Waals surface area (Å²) in [6, 6.07) is 30.5. The first-order chi connectivity index (χ1) is 20.5. The van der Waals surface area contributed by atoms with Crippen molar-refractivity contribution in [2.45, 2.75) is 26.1 Å². The third-order valence-corrected chi connectivity index (χ3v) is 7.12. The van der Waals surface area contributed by atoms with Crippen molar-refractivity contribution in [2.75, 3.05) is 31.9 Å². The smallest absolute Gasteiger partial charge is 0.277 e. The fraction of sp³-hybridized carbons (Fsp3) is 0.242. The molecule has 42 heavy (non-hydrogen) atoms. The maximum absolute atomic E-state index is 14.2. The summed E-state index contributed by atoms with van der Waals surface area (Å²) in [6.45, 7) is 2.41. The largest absolute Gasteiger partial charge is 0.482 e. The minimum absolute atomic E-state index is 0.0394. The quantitative estimate of drug-likeness (QED) is 0.297. The number of rotatable bonds is 11. The lowest BCUT2D eigenvalue weighted by Gasteiger charge is -2.45. The van der Waals surface area contributed by atoms with E-state index in [1.54, 1.807) is 16.7 Å². The van der Waals surface area contributed by atoms with Gasteiger partial charge in [0.15, 0.2) is 11.4 Å². The van der Waals surface area contributed by atoms with Crippen LogP contribution in [0.2, 0.25) is 0 Å². The van der Waals surface area contributed by atoms with Gasteiger partial charge in [0.25, 0.3) is 5.91 Å². The normalized spacial score (nSPS) is 12.8. The lowest BCUT2D eigenvalue weighted by atomic mass is 9.98. The summed E-state index contributed by atoms with van der Waals surface area (Å²) >= 11 is 0. The number of pyridine rings is 1. The van der Waals surface area contributed by atoms with E-state index < -0.39 is 5.43 Å². The highest BCUT2D eigenvalue weighted by atomic mass is 16.5. The second kappa shape index (κ2) is 13.2. The third kappa shape index (κ3) is 6.21. The maximum atomic E-state index is 14.2. The summed E-state index contributed by atoms with van der Waals surface area (Å²) in [5.74, 6) is -0.644. The first-order valence-corrected chi connectivity index (χ1v) is 13.8. The van der Waals surface area contributed by atoms with Gasteiger partial charge in [-0.15, -0.1) is 0 Å². The molecule has 0 aliphatic carbocycles. The highest BCUT2D eigenvalue weighted by molar-refractivity contribution is 5.96. The Morgan fingerprint density at radius 2 is 1.50 bits per heavy atom. The molecule has 2 amide bonds. The van der Waals surface area contributed by atoms with Crippen LogP contribution in [0, 0.1) is 0 Å². The van der Waals surface area contributed by atoms with E-state index in [2.05, 4.69) is 5.32 Å². The molecule has 1 aliphatic rings. The van der Waals surface area contributed by atoms with Crippen LogP contribution in [0.15, 0.2) is 102 Å². The van der Waals surface area contributed by atoms with Gasteiger partial charge in [0.05, 0.1) is 24.9 Å². The minimum atomic E-state index is -0.435. The van der Waals surface area contributed by atoms with Gasteiger partial charge in [0.2, 0.25) is 11.3 Å². The number of benzene rings is 3. The lowest BCUT2D eigenvalue weighted by molar-refractivity contribution is -0.119. The van der Waals surface area contributed by atoms with E-state index in [1.807, 2.05) is 96.0 Å². The third-order valence-electron chi connectivity index (χ3n) is 7.12. The van der Waals surface area contributed by atoms with Crippen LogP contribution < -0.4 is 20.5 Å². The predicted molar refractivity (Wildman–Crippen MR) is 160 cm³/mol. The number of nitrogens with one attached hydrogen (secondary N) is 1. The van der Waals surface area contributed by atoms with Crippen molar-refractivity contribution in [1.29, 1.82) is 0 Å². The molecule has 216 valence electrons. The summed E-state index contributed by atoms with van der Waals surface area (Å²) in [5, 5.41) is 4.85. The zero-order chi connectivity index (χ0) is 29.5. The molecule has 0 fully saturated rings. The van der Waals surface area contributed by atoms with Gasteiger partial charge in [-0.05, 0) is 16.7 Å². The Morgan fingerprint density at radius 1 is 0.905 bits per heavy atom. The molecule has 0 bridgehead atoms. The molecule has 0 atom stereocenters. The van der Waals surface area contributed by atoms with Crippen LogP contribution >= 0.6 is 0 Å². The van der Waals surface area contributed by atoms with Crippen LogP contribution in [0.3, 0.4) is 0 Å². The Balaban J connectivity index is 1.73. The van der Waals surface area contributed by atoms with Crippen molar-refractivity contribution < 1.29 is 19.1 Å². The Kier molecular flexibility index (Phi) is 8.99. The number of aromatic nitrogens is 1. The number of methoxy groups -OCH3 is 1. The van der Waals surface area contributed by atoms with E-state index in [0.717, 1.165) is 16.7 Å². The van der Waals surface area contributed by atoms with E-state index in [0.29, 0.717) is 18.8 Å². The number of amides is 2. The van der Waals surface area contributed by atoms with Gasteiger partial charge in [0, 0.05) is 26.6 Å². The van der Waals surface area contributed by atoms with Crippen molar-refractivity contribution in [1.82, 2.24) is 14.9 Å². The van der Waals surface area contributed by atoms with E-state index in [4.69, 9.17) is 9.47 Å². The number of ether oxygens (including phenoxy) is 2. The van der Waals surface area contributed by atoms with E-state index >= 15 is 0 Å². The fourth-order valence-corrected chi connectivity index (χ4v) is 5.16. The number of hydrogen-bond acceptors (Lipinski definition) is 6. The zero-order valence-electron chi connectivity index (χ0n) is 23.7. The molecule has 5 rings (SSSR count). The van der Waals surface area contributed by atoms with Crippen molar-refractivity contribution in [3.05, 3.63) is 135 Å². The molecule has 0 saturated carbocycles. The maximum Gasteiger partial charge on any atom is 0.277 e. The van der Waals surface area contributed by atoms with Gasteiger partial charge in [-0.3, -0.25) is 19.4 Å². The molecule has 1 aromatic heterocycles. The highest BCUT2D eigenvalue weighted by Crippen LogP contribution is 2.33. The Labute approximate surface area is 244 Å². The molecule has 1 aliphatic heterocycles. The van der Waals surface area contributed by atoms with Gasteiger partial charge < -0.3 is 19.7 Å². The first kappa shape index (κ1) is 28.6. The molecule has 9 nitrogen and oxygen atoms in total. The zero-order valence-corrected chi connectivity index (χ0v) is 23.7. The van der Waals surface area contributed by atoms with Crippen LogP contribution in [0.1, 0.15) is 45.8 Å². The molecule has 0 spiro atoms. The van der Waals surface area contributed by atoms with Gasteiger partial charge in [0.1, 0.15) is 13.3 Å². The highest BCUT2D eigenvalue weighted by Gasteiger charge is 2.38. The topological polar surface area (TPSA) is 93.1 Å². The molecule has 4 aromatic rings. The second-order valence-corrected chi connectivity index (χ2v) is 10.0. The lowest BCUT2D eigenvalue weighted by Crippen LogP contribution is -2.57. The monoisotopic (exact) mass is 566 g/mol. The number of hydrogen-bond donors (Lipinski definition) is 1. The van der Waals surface area contributed by atoms with Crippen LogP contribution in [0.25, 0.3) is 0 Å². The molecule has 0 radical (unpaired) electrons. The summed E-state index contributed by atoms with van der Waals surface area (Å²) in [7, 11) is 1.58. The Morgan fingerprint density at radius 3 is 2.07 bits per heavy atom. The van der Waals surface area contributed by atoms with Crippen LogP contribution in [-0.2, 0) is 22.7 Å². The molecule has 9 heteroatoms. The van der Waals surface area contributed by atoms with Crippen molar-refractivity contribution in [3.8, 4) is 5.75 Å². The van der Waals surface area contributed by atoms with E-state index in [-0.39, 0.29) is 49.1 Å². The summed E-state index contributed by atoms with van der Waals surface area (Å²) in [6.07, 6.45) is 0. The molecule has 2 heterocycles. The SMILES string of the molecule is COCCN1CN(C(c2ccccc2)c2ccccc2)n2c(CNC(C)=O)cc(=O)c(OCc3ccccc3)c2C1=O. The average molecular weight is 567 g/mol. The Bertz CT molecular complexity index is 1540. The standard InChI is InChI=1S/C33H34N4O5/c1-24(38)34-21-28-20-29(39)32(42-22-25-12-6-3-7-13-25)31-33(40)35(18-19-41-2)23-36(37(28)31)30(26-14-8-4-9-15-26)27-16-10-5-11-17-27/h3-17,20,30H,18-19,21-23H2,1-2H3,(H,34,38). The van der Waals surface area contributed by atoms with Crippen LogP contribution in [0.4, 0.5) is 0 Å². The molecular weight excluding hydrogens is 532 g/mol. The molecular formula is C33H34N4O5. The van der Waals surface area contributed by atoms with Gasteiger partial charge in [-0.25, -0.2) is 4.68 Å². The number of nitrogens with zero attached hydrogens (tertiary/aromatic N) is 3. The van der Waals surface area contributed by atoms with Crippen LogP contribution in [-0.4, -0.2) is 48.3 Å². The predicted octanol–water partition coefficient (Wildman–Crippen LogP) is 3.85. The average Bonchev–Trinajstić information content (AvgIpc) is 3.01. The first-order valence-electron chi connectivity index (χ1n) is 13.8. The molecule has 1 N–H and O–H groups in total. The van der Waals surface area contributed by atoms with Crippen molar-refractivity contribution >= 4 is 11.8 Å². The van der Waals surface area contributed by atoms with Crippen molar-refractivity contribution in [3.63, 3.8) is 0 Å². The summed E-state index contributed by atoms with van der Waals surface area (Å²) < 4.78 is 13.2. The van der Waals surface area contributed by atoms with E-state index in [1.165, 1.54) is 13.0 Å². The molecule has 0 saturated heterocycles. The number of carbonyl (C=O) groups is 2. The van der Waals surface area contributed by atoms with Crippen molar-refractivity contribution in [2.24, 2.45) is 0 Å². The summed E-state index contributed by atoms with van der Waals surface area (Å²) in [5.41, 5.74) is 2.99. The second-order valence-electron chi connectivity index (χ2n) is 10.0. The molecule has 3 aromatic carbocycles.